The monoisotopic (exact) mass is 218 g/mol. The molecule has 0 saturated carbocycles. The van der Waals surface area contributed by atoms with Crippen LogP contribution >= 0.6 is 0 Å². The SMILES string of the molecule is CCc1c[nH]c(=O)c2cc([N+](=O)[O-])ccc12. The van der Waals surface area contributed by atoms with Crippen LogP contribution in [0, 0.1) is 10.1 Å². The minimum atomic E-state index is -0.502. The Morgan fingerprint density at radius 1 is 1.38 bits per heavy atom. The van der Waals surface area contributed by atoms with Crippen LogP contribution in [0.1, 0.15) is 12.5 Å². The van der Waals surface area contributed by atoms with Gasteiger partial charge in [-0.3, -0.25) is 14.9 Å². The summed E-state index contributed by atoms with van der Waals surface area (Å²) >= 11 is 0. The minimum Gasteiger partial charge on any atom is -0.328 e. The number of aromatic amines is 1. The normalized spacial score (nSPS) is 10.6. The molecule has 0 bridgehead atoms. The van der Waals surface area contributed by atoms with E-state index in [4.69, 9.17) is 0 Å². The van der Waals surface area contributed by atoms with Crippen LogP contribution in [0.15, 0.2) is 29.2 Å². The zero-order valence-electron chi connectivity index (χ0n) is 8.69. The van der Waals surface area contributed by atoms with Crippen molar-refractivity contribution in [3.8, 4) is 0 Å². The molecule has 0 saturated heterocycles. The van der Waals surface area contributed by atoms with E-state index < -0.39 is 4.92 Å². The Morgan fingerprint density at radius 2 is 2.12 bits per heavy atom. The molecule has 1 aromatic carbocycles. The average molecular weight is 218 g/mol. The van der Waals surface area contributed by atoms with Crippen molar-refractivity contribution in [1.29, 1.82) is 0 Å². The molecule has 0 aliphatic heterocycles. The van der Waals surface area contributed by atoms with Gasteiger partial charge in [0, 0.05) is 18.3 Å². The number of H-pyrrole nitrogens is 1. The number of nitro groups is 1. The summed E-state index contributed by atoms with van der Waals surface area (Å²) < 4.78 is 0. The Morgan fingerprint density at radius 3 is 2.75 bits per heavy atom. The van der Waals surface area contributed by atoms with Crippen LogP contribution in [0.25, 0.3) is 10.8 Å². The highest BCUT2D eigenvalue weighted by Crippen LogP contribution is 2.20. The third-order valence-electron chi connectivity index (χ3n) is 2.56. The van der Waals surface area contributed by atoms with Crippen molar-refractivity contribution in [2.75, 3.05) is 0 Å². The molecule has 1 aromatic heterocycles. The number of aryl methyl sites for hydroxylation is 1. The fourth-order valence-electron chi connectivity index (χ4n) is 1.71. The summed E-state index contributed by atoms with van der Waals surface area (Å²) in [6.07, 6.45) is 2.42. The number of aromatic nitrogens is 1. The molecule has 0 aliphatic rings. The average Bonchev–Trinajstić information content (AvgIpc) is 2.29. The van der Waals surface area contributed by atoms with E-state index in [1.54, 1.807) is 12.3 Å². The molecule has 2 aromatic rings. The van der Waals surface area contributed by atoms with Gasteiger partial charge in [0.1, 0.15) is 0 Å². The molecule has 1 heterocycles. The van der Waals surface area contributed by atoms with Crippen LogP contribution in [0.3, 0.4) is 0 Å². The number of rotatable bonds is 2. The second-order valence-electron chi connectivity index (χ2n) is 3.48. The molecule has 2 rings (SSSR count). The van der Waals surface area contributed by atoms with Gasteiger partial charge in [0.2, 0.25) is 0 Å². The summed E-state index contributed by atoms with van der Waals surface area (Å²) in [5.74, 6) is 0. The molecule has 0 radical (unpaired) electrons. The number of nitro benzene ring substituents is 1. The lowest BCUT2D eigenvalue weighted by Crippen LogP contribution is -2.07. The van der Waals surface area contributed by atoms with E-state index in [2.05, 4.69) is 4.98 Å². The quantitative estimate of drug-likeness (QED) is 0.618. The van der Waals surface area contributed by atoms with Crippen molar-refractivity contribution in [3.63, 3.8) is 0 Å². The number of non-ortho nitro benzene ring substituents is 1. The van der Waals surface area contributed by atoms with Gasteiger partial charge in [0.15, 0.2) is 0 Å². The second-order valence-corrected chi connectivity index (χ2v) is 3.48. The molecule has 0 amide bonds. The van der Waals surface area contributed by atoms with E-state index >= 15 is 0 Å². The molecule has 16 heavy (non-hydrogen) atoms. The summed E-state index contributed by atoms with van der Waals surface area (Å²) in [5, 5.41) is 11.7. The van der Waals surface area contributed by atoms with E-state index in [1.807, 2.05) is 6.92 Å². The standard InChI is InChI=1S/C11H10N2O3/c1-2-7-6-12-11(14)10-5-8(13(15)16)3-4-9(7)10/h3-6H,2H2,1H3,(H,12,14). The van der Waals surface area contributed by atoms with Gasteiger partial charge < -0.3 is 4.98 Å². The summed E-state index contributed by atoms with van der Waals surface area (Å²) in [6.45, 7) is 1.97. The predicted molar refractivity (Wildman–Crippen MR) is 60.6 cm³/mol. The van der Waals surface area contributed by atoms with Gasteiger partial charge in [-0.05, 0) is 23.4 Å². The number of hydrogen-bond acceptors (Lipinski definition) is 3. The Bertz CT molecular complexity index is 616. The Kier molecular flexibility index (Phi) is 2.44. The second kappa shape index (κ2) is 3.77. The molecule has 0 aliphatic carbocycles. The molecule has 5 heteroatoms. The zero-order valence-corrected chi connectivity index (χ0v) is 8.69. The Hall–Kier alpha value is -2.17. The number of hydrogen-bond donors (Lipinski definition) is 1. The number of nitrogens with zero attached hydrogens (tertiary/aromatic N) is 1. The summed E-state index contributed by atoms with van der Waals surface area (Å²) in [5.41, 5.74) is 0.617. The van der Waals surface area contributed by atoms with Crippen molar-refractivity contribution in [2.24, 2.45) is 0 Å². The lowest BCUT2D eigenvalue weighted by atomic mass is 10.1. The first-order chi connectivity index (χ1) is 7.63. The maximum absolute atomic E-state index is 11.5. The lowest BCUT2D eigenvalue weighted by Gasteiger charge is -2.02. The lowest BCUT2D eigenvalue weighted by molar-refractivity contribution is -0.384. The van der Waals surface area contributed by atoms with Crippen LogP contribution in [0.4, 0.5) is 5.69 Å². The van der Waals surface area contributed by atoms with Crippen molar-refractivity contribution in [1.82, 2.24) is 4.98 Å². The molecule has 0 atom stereocenters. The Balaban J connectivity index is 2.83. The van der Waals surface area contributed by atoms with Crippen LogP contribution in [-0.2, 0) is 6.42 Å². The van der Waals surface area contributed by atoms with Crippen LogP contribution < -0.4 is 5.56 Å². The first-order valence-electron chi connectivity index (χ1n) is 4.92. The highest BCUT2D eigenvalue weighted by atomic mass is 16.6. The summed E-state index contributed by atoms with van der Waals surface area (Å²) in [4.78, 5) is 24.2. The van der Waals surface area contributed by atoms with E-state index in [1.165, 1.54) is 12.1 Å². The van der Waals surface area contributed by atoms with Gasteiger partial charge in [0.05, 0.1) is 10.3 Å². The van der Waals surface area contributed by atoms with Gasteiger partial charge in [-0.15, -0.1) is 0 Å². The van der Waals surface area contributed by atoms with Gasteiger partial charge in [-0.25, -0.2) is 0 Å². The highest BCUT2D eigenvalue weighted by molar-refractivity contribution is 5.86. The van der Waals surface area contributed by atoms with E-state index in [-0.39, 0.29) is 11.2 Å². The third-order valence-corrected chi connectivity index (χ3v) is 2.56. The van der Waals surface area contributed by atoms with Crippen LogP contribution in [0.5, 0.6) is 0 Å². The maximum Gasteiger partial charge on any atom is 0.270 e. The summed E-state index contributed by atoms with van der Waals surface area (Å²) in [6, 6.07) is 4.36. The molecule has 0 fully saturated rings. The van der Waals surface area contributed by atoms with Crippen molar-refractivity contribution in [2.45, 2.75) is 13.3 Å². The first-order valence-corrected chi connectivity index (χ1v) is 4.92. The number of nitrogens with one attached hydrogen (secondary N) is 1. The van der Waals surface area contributed by atoms with Gasteiger partial charge in [-0.1, -0.05) is 6.92 Å². The Labute approximate surface area is 90.9 Å². The van der Waals surface area contributed by atoms with Gasteiger partial charge in [0.25, 0.3) is 11.2 Å². The molecule has 5 nitrogen and oxygen atoms in total. The van der Waals surface area contributed by atoms with Crippen molar-refractivity contribution in [3.05, 3.63) is 50.4 Å². The van der Waals surface area contributed by atoms with Gasteiger partial charge in [-0.2, -0.15) is 0 Å². The number of fused-ring (bicyclic) bond motifs is 1. The molecular formula is C11H10N2O3. The number of benzene rings is 1. The molecule has 1 N–H and O–H groups in total. The summed E-state index contributed by atoms with van der Waals surface area (Å²) in [7, 11) is 0. The highest BCUT2D eigenvalue weighted by Gasteiger charge is 2.10. The zero-order chi connectivity index (χ0) is 11.7. The van der Waals surface area contributed by atoms with E-state index in [0.717, 1.165) is 17.4 Å². The van der Waals surface area contributed by atoms with Gasteiger partial charge >= 0.3 is 0 Å². The van der Waals surface area contributed by atoms with Crippen molar-refractivity contribution >= 4 is 16.5 Å². The fraction of sp³-hybridized carbons (Fsp3) is 0.182. The first kappa shape index (κ1) is 10.4. The maximum atomic E-state index is 11.5. The molecule has 0 spiro atoms. The fourth-order valence-corrected chi connectivity index (χ4v) is 1.71. The largest absolute Gasteiger partial charge is 0.328 e. The van der Waals surface area contributed by atoms with Crippen molar-refractivity contribution < 1.29 is 4.92 Å². The predicted octanol–water partition coefficient (Wildman–Crippen LogP) is 2.00. The minimum absolute atomic E-state index is 0.0637. The third kappa shape index (κ3) is 1.56. The molecule has 82 valence electrons. The number of pyridine rings is 1. The van der Waals surface area contributed by atoms with E-state index in [0.29, 0.717) is 5.39 Å². The van der Waals surface area contributed by atoms with Crippen LogP contribution in [-0.4, -0.2) is 9.91 Å². The topological polar surface area (TPSA) is 76.0 Å². The van der Waals surface area contributed by atoms with Crippen LogP contribution in [0.2, 0.25) is 0 Å². The smallest absolute Gasteiger partial charge is 0.270 e. The molecule has 0 unspecified atom stereocenters. The van der Waals surface area contributed by atoms with E-state index in [9.17, 15) is 14.9 Å². The molecular weight excluding hydrogens is 208 g/mol.